The number of amides is 3. The Morgan fingerprint density at radius 2 is 1.54 bits per heavy atom. The number of aromatic amines is 1. The maximum absolute atomic E-state index is 13.8. The topological polar surface area (TPSA) is 77.7 Å². The van der Waals surface area contributed by atoms with E-state index in [1.54, 1.807) is 12.0 Å². The predicted octanol–water partition coefficient (Wildman–Crippen LogP) is 6.46. The van der Waals surface area contributed by atoms with Gasteiger partial charge in [0.05, 0.1) is 5.69 Å². The molecule has 7 nitrogen and oxygen atoms in total. The molecule has 3 amide bonds. The van der Waals surface area contributed by atoms with Crippen LogP contribution in [-0.2, 0) is 22.5 Å². The fraction of sp³-hybridized carbons (Fsp3) is 0.235. The van der Waals surface area contributed by atoms with E-state index in [-0.39, 0.29) is 18.5 Å². The molecule has 0 aliphatic carbocycles. The largest absolute Gasteiger partial charge is 0.385 e. The molecule has 0 spiro atoms. The SMILES string of the molecule is COCCCN(CC(=O)N(CCc1c[nH]c2ccccc12)Cc1ccccc1)C(=O)Nc1cccc2ccccc12. The van der Waals surface area contributed by atoms with E-state index in [0.717, 1.165) is 38.5 Å². The highest BCUT2D eigenvalue weighted by atomic mass is 16.5. The molecular formula is C34H36N4O3. The quantitative estimate of drug-likeness (QED) is 0.176. The summed E-state index contributed by atoms with van der Waals surface area (Å²) in [6.45, 7) is 1.88. The Labute approximate surface area is 240 Å². The Morgan fingerprint density at radius 1 is 0.805 bits per heavy atom. The Kier molecular flexibility index (Phi) is 9.29. The highest BCUT2D eigenvalue weighted by Crippen LogP contribution is 2.23. The Bertz CT molecular complexity index is 1590. The van der Waals surface area contributed by atoms with Crippen molar-refractivity contribution in [2.45, 2.75) is 19.4 Å². The molecule has 1 heterocycles. The van der Waals surface area contributed by atoms with Gasteiger partial charge < -0.3 is 24.8 Å². The monoisotopic (exact) mass is 548 g/mol. The number of benzene rings is 4. The molecule has 7 heteroatoms. The number of carbonyl (C=O) groups excluding carboxylic acids is 2. The molecule has 0 fully saturated rings. The van der Waals surface area contributed by atoms with Gasteiger partial charge in [-0.1, -0.05) is 84.9 Å². The van der Waals surface area contributed by atoms with Gasteiger partial charge in [0.1, 0.15) is 6.54 Å². The van der Waals surface area contributed by atoms with Crippen LogP contribution in [0.3, 0.4) is 0 Å². The zero-order valence-electron chi connectivity index (χ0n) is 23.4. The number of rotatable bonds is 12. The molecule has 0 saturated heterocycles. The van der Waals surface area contributed by atoms with Gasteiger partial charge in [-0.15, -0.1) is 0 Å². The summed E-state index contributed by atoms with van der Waals surface area (Å²) in [5, 5.41) is 6.21. The number of hydrogen-bond donors (Lipinski definition) is 2. The summed E-state index contributed by atoms with van der Waals surface area (Å²) >= 11 is 0. The number of anilines is 1. The lowest BCUT2D eigenvalue weighted by Gasteiger charge is -2.28. The van der Waals surface area contributed by atoms with Crippen LogP contribution < -0.4 is 5.32 Å². The molecule has 0 atom stereocenters. The van der Waals surface area contributed by atoms with E-state index < -0.39 is 0 Å². The zero-order chi connectivity index (χ0) is 28.4. The van der Waals surface area contributed by atoms with Crippen LogP contribution in [0.1, 0.15) is 17.5 Å². The second kappa shape index (κ2) is 13.6. The summed E-state index contributed by atoms with van der Waals surface area (Å²) < 4.78 is 5.24. The molecular weight excluding hydrogens is 512 g/mol. The number of nitrogens with zero attached hydrogens (tertiary/aromatic N) is 2. The molecule has 5 rings (SSSR count). The Morgan fingerprint density at radius 3 is 2.37 bits per heavy atom. The number of methoxy groups -OCH3 is 1. The van der Waals surface area contributed by atoms with E-state index >= 15 is 0 Å². The van der Waals surface area contributed by atoms with Crippen LogP contribution in [-0.4, -0.2) is 60.1 Å². The van der Waals surface area contributed by atoms with Crippen LogP contribution in [0.4, 0.5) is 10.5 Å². The first kappa shape index (κ1) is 27.9. The highest BCUT2D eigenvalue weighted by Gasteiger charge is 2.22. The molecule has 0 aliphatic heterocycles. The number of ether oxygens (including phenoxy) is 1. The molecule has 2 N–H and O–H groups in total. The molecule has 210 valence electrons. The first-order valence-corrected chi connectivity index (χ1v) is 14.0. The van der Waals surface area contributed by atoms with Crippen molar-refractivity contribution in [1.29, 1.82) is 0 Å². The van der Waals surface area contributed by atoms with Crippen molar-refractivity contribution >= 4 is 39.3 Å². The van der Waals surface area contributed by atoms with Crippen LogP contribution in [0.25, 0.3) is 21.7 Å². The summed E-state index contributed by atoms with van der Waals surface area (Å²) in [5.41, 5.74) is 4.01. The number of H-pyrrole nitrogens is 1. The standard InChI is InChI=1S/C34H36N4O3/c1-41-22-10-20-38(34(40)36-32-18-9-14-27-13-5-6-15-29(27)32)25-33(39)37(24-26-11-3-2-4-12-26)21-19-28-23-35-31-17-8-7-16-30(28)31/h2-9,11-18,23,35H,10,19-22,24-25H2,1H3,(H,36,40). The van der Waals surface area contributed by atoms with Gasteiger partial charge in [0, 0.05) is 55.8 Å². The average molecular weight is 549 g/mol. The lowest BCUT2D eigenvalue weighted by atomic mass is 10.1. The third kappa shape index (κ3) is 7.13. The van der Waals surface area contributed by atoms with Crippen molar-refractivity contribution in [3.63, 3.8) is 0 Å². The summed E-state index contributed by atoms with van der Waals surface area (Å²) in [6.07, 6.45) is 3.35. The lowest BCUT2D eigenvalue weighted by Crippen LogP contribution is -2.45. The average Bonchev–Trinajstić information content (AvgIpc) is 3.42. The van der Waals surface area contributed by atoms with Crippen molar-refractivity contribution < 1.29 is 14.3 Å². The third-order valence-electron chi connectivity index (χ3n) is 7.32. The number of hydrogen-bond acceptors (Lipinski definition) is 3. The van der Waals surface area contributed by atoms with E-state index in [1.807, 2.05) is 96.0 Å². The third-order valence-corrected chi connectivity index (χ3v) is 7.32. The Balaban J connectivity index is 1.34. The van der Waals surface area contributed by atoms with Gasteiger partial charge in [0.2, 0.25) is 5.91 Å². The van der Waals surface area contributed by atoms with Crippen molar-refractivity contribution in [2.24, 2.45) is 0 Å². The molecule has 0 saturated carbocycles. The van der Waals surface area contributed by atoms with E-state index in [0.29, 0.717) is 39.1 Å². The molecule has 0 bridgehead atoms. The normalized spacial score (nSPS) is 11.0. The Hall–Kier alpha value is -4.62. The van der Waals surface area contributed by atoms with E-state index in [9.17, 15) is 9.59 Å². The van der Waals surface area contributed by atoms with Crippen LogP contribution in [0.15, 0.2) is 103 Å². The zero-order valence-corrected chi connectivity index (χ0v) is 23.4. The first-order chi connectivity index (χ1) is 20.1. The summed E-state index contributed by atoms with van der Waals surface area (Å²) in [6, 6.07) is 31.6. The van der Waals surface area contributed by atoms with Gasteiger partial charge in [0.25, 0.3) is 0 Å². The molecule has 41 heavy (non-hydrogen) atoms. The van der Waals surface area contributed by atoms with Gasteiger partial charge in [-0.05, 0) is 41.5 Å². The molecule has 0 unspecified atom stereocenters. The molecule has 4 aromatic carbocycles. The van der Waals surface area contributed by atoms with Crippen LogP contribution in [0.5, 0.6) is 0 Å². The summed E-state index contributed by atoms with van der Waals surface area (Å²) in [7, 11) is 1.64. The minimum Gasteiger partial charge on any atom is -0.385 e. The molecule has 5 aromatic rings. The van der Waals surface area contributed by atoms with Gasteiger partial charge in [-0.2, -0.15) is 0 Å². The van der Waals surface area contributed by atoms with Crippen LogP contribution in [0, 0.1) is 0 Å². The lowest BCUT2D eigenvalue weighted by molar-refractivity contribution is -0.132. The van der Waals surface area contributed by atoms with Crippen LogP contribution in [0.2, 0.25) is 0 Å². The first-order valence-electron chi connectivity index (χ1n) is 14.0. The van der Waals surface area contributed by atoms with Crippen molar-refractivity contribution in [1.82, 2.24) is 14.8 Å². The van der Waals surface area contributed by atoms with Gasteiger partial charge in [0.15, 0.2) is 0 Å². The van der Waals surface area contributed by atoms with E-state index in [4.69, 9.17) is 4.74 Å². The number of urea groups is 1. The van der Waals surface area contributed by atoms with Crippen molar-refractivity contribution in [3.8, 4) is 0 Å². The smallest absolute Gasteiger partial charge is 0.322 e. The number of carbonyl (C=O) groups is 2. The second-order valence-corrected chi connectivity index (χ2v) is 10.1. The minimum atomic E-state index is -0.304. The highest BCUT2D eigenvalue weighted by molar-refractivity contribution is 6.02. The van der Waals surface area contributed by atoms with E-state index in [1.165, 1.54) is 0 Å². The van der Waals surface area contributed by atoms with Crippen molar-refractivity contribution in [2.75, 3.05) is 38.7 Å². The fourth-order valence-electron chi connectivity index (χ4n) is 5.13. The number of aromatic nitrogens is 1. The maximum Gasteiger partial charge on any atom is 0.322 e. The van der Waals surface area contributed by atoms with Gasteiger partial charge in [-0.25, -0.2) is 4.79 Å². The number of fused-ring (bicyclic) bond motifs is 2. The molecule has 0 radical (unpaired) electrons. The minimum absolute atomic E-state index is 0.0268. The van der Waals surface area contributed by atoms with Gasteiger partial charge in [-0.3, -0.25) is 4.79 Å². The maximum atomic E-state index is 13.8. The van der Waals surface area contributed by atoms with Crippen molar-refractivity contribution in [3.05, 3.63) is 114 Å². The van der Waals surface area contributed by atoms with Gasteiger partial charge >= 0.3 is 6.03 Å². The molecule has 1 aromatic heterocycles. The predicted molar refractivity (Wildman–Crippen MR) is 165 cm³/mol. The summed E-state index contributed by atoms with van der Waals surface area (Å²) in [4.78, 5) is 34.2. The molecule has 0 aliphatic rings. The van der Waals surface area contributed by atoms with Crippen LogP contribution >= 0.6 is 0 Å². The second-order valence-electron chi connectivity index (χ2n) is 10.1. The number of para-hydroxylation sites is 1. The fourth-order valence-corrected chi connectivity index (χ4v) is 5.13. The number of nitrogens with one attached hydrogen (secondary N) is 2. The van der Waals surface area contributed by atoms with E-state index in [2.05, 4.69) is 22.4 Å². The summed E-state index contributed by atoms with van der Waals surface area (Å²) in [5.74, 6) is -0.0980.